The molecule has 3 rings (SSSR count). The number of rotatable bonds is 4. The van der Waals surface area contributed by atoms with Crippen molar-refractivity contribution in [3.63, 3.8) is 0 Å². The Hall–Kier alpha value is -2.02. The van der Waals surface area contributed by atoms with Gasteiger partial charge in [0, 0.05) is 43.0 Å². The van der Waals surface area contributed by atoms with Crippen molar-refractivity contribution in [1.29, 1.82) is 0 Å². The average Bonchev–Trinajstić information content (AvgIpc) is 2.60. The first-order chi connectivity index (χ1) is 11.6. The standard InChI is InChI=1S/C17H19ClN2O4/c18-12-1-3-13(4-2-12)20-7-5-19(6-8-20)10-16-17(23)15(22)9-14(11-21)24-16/h1-4,9,21,23H,5-8,10-11H2. The predicted octanol–water partition coefficient (Wildman–Crippen LogP) is 1.81. The smallest absolute Gasteiger partial charge is 0.227 e. The van der Waals surface area contributed by atoms with E-state index in [-0.39, 0.29) is 23.9 Å². The largest absolute Gasteiger partial charge is 0.502 e. The maximum Gasteiger partial charge on any atom is 0.227 e. The van der Waals surface area contributed by atoms with Crippen LogP contribution in [0.15, 0.2) is 39.5 Å². The van der Waals surface area contributed by atoms with Crippen LogP contribution >= 0.6 is 11.6 Å². The van der Waals surface area contributed by atoms with Crippen molar-refractivity contribution < 1.29 is 14.6 Å². The Morgan fingerprint density at radius 1 is 1.12 bits per heavy atom. The number of halogens is 1. The quantitative estimate of drug-likeness (QED) is 0.875. The van der Waals surface area contributed by atoms with E-state index in [0.717, 1.165) is 37.9 Å². The van der Waals surface area contributed by atoms with Gasteiger partial charge >= 0.3 is 0 Å². The molecule has 128 valence electrons. The second-order valence-electron chi connectivity index (χ2n) is 5.75. The Bertz CT molecular complexity index is 752. The zero-order valence-electron chi connectivity index (χ0n) is 13.1. The lowest BCUT2D eigenvalue weighted by atomic mass is 10.2. The van der Waals surface area contributed by atoms with Gasteiger partial charge in [-0.1, -0.05) is 11.6 Å². The third kappa shape index (κ3) is 3.72. The van der Waals surface area contributed by atoms with Gasteiger partial charge in [0.15, 0.2) is 5.76 Å². The van der Waals surface area contributed by atoms with Crippen molar-refractivity contribution in [2.75, 3.05) is 31.1 Å². The monoisotopic (exact) mass is 350 g/mol. The molecule has 6 nitrogen and oxygen atoms in total. The first-order valence-electron chi connectivity index (χ1n) is 7.75. The molecule has 1 aliphatic heterocycles. The molecule has 0 saturated carbocycles. The first kappa shape index (κ1) is 16.8. The lowest BCUT2D eigenvalue weighted by Gasteiger charge is -2.35. The minimum Gasteiger partial charge on any atom is -0.502 e. The fourth-order valence-corrected chi connectivity index (χ4v) is 2.92. The van der Waals surface area contributed by atoms with Crippen molar-refractivity contribution in [3.8, 4) is 5.75 Å². The van der Waals surface area contributed by atoms with Gasteiger partial charge in [-0.25, -0.2) is 0 Å². The van der Waals surface area contributed by atoms with Gasteiger partial charge in [-0.3, -0.25) is 9.69 Å². The summed E-state index contributed by atoms with van der Waals surface area (Å²) in [7, 11) is 0. The Morgan fingerprint density at radius 2 is 1.79 bits per heavy atom. The number of nitrogens with zero attached hydrogens (tertiary/aromatic N) is 2. The van der Waals surface area contributed by atoms with Crippen LogP contribution in [0.3, 0.4) is 0 Å². The highest BCUT2D eigenvalue weighted by atomic mass is 35.5. The maximum atomic E-state index is 11.7. The zero-order chi connectivity index (χ0) is 17.1. The highest BCUT2D eigenvalue weighted by Gasteiger charge is 2.20. The van der Waals surface area contributed by atoms with Crippen molar-refractivity contribution in [2.24, 2.45) is 0 Å². The Morgan fingerprint density at radius 3 is 2.42 bits per heavy atom. The lowest BCUT2D eigenvalue weighted by Crippen LogP contribution is -2.46. The summed E-state index contributed by atoms with van der Waals surface area (Å²) in [5.41, 5.74) is 0.593. The third-order valence-corrected chi connectivity index (χ3v) is 4.38. The molecule has 0 radical (unpaired) electrons. The van der Waals surface area contributed by atoms with Gasteiger partial charge in [-0.05, 0) is 24.3 Å². The summed E-state index contributed by atoms with van der Waals surface area (Å²) >= 11 is 5.91. The summed E-state index contributed by atoms with van der Waals surface area (Å²) in [5, 5.41) is 19.7. The van der Waals surface area contributed by atoms with E-state index >= 15 is 0 Å². The molecule has 7 heteroatoms. The number of hydrogen-bond acceptors (Lipinski definition) is 6. The second kappa shape index (κ2) is 7.25. The summed E-state index contributed by atoms with van der Waals surface area (Å²) in [6, 6.07) is 8.84. The molecule has 0 spiro atoms. The number of anilines is 1. The number of benzene rings is 1. The number of piperazine rings is 1. The van der Waals surface area contributed by atoms with Gasteiger partial charge in [-0.15, -0.1) is 0 Å². The van der Waals surface area contributed by atoms with Crippen molar-refractivity contribution in [3.05, 3.63) is 57.1 Å². The topological polar surface area (TPSA) is 77.2 Å². The molecule has 0 atom stereocenters. The first-order valence-corrected chi connectivity index (χ1v) is 8.13. The number of hydrogen-bond donors (Lipinski definition) is 2. The Balaban J connectivity index is 1.64. The number of aliphatic hydroxyl groups excluding tert-OH is 1. The van der Waals surface area contributed by atoms with E-state index in [2.05, 4.69) is 9.80 Å². The minimum absolute atomic E-state index is 0.160. The molecule has 1 saturated heterocycles. The number of aliphatic hydroxyl groups is 1. The maximum absolute atomic E-state index is 11.7. The van der Waals surface area contributed by atoms with Crippen molar-refractivity contribution in [2.45, 2.75) is 13.2 Å². The van der Waals surface area contributed by atoms with Gasteiger partial charge in [-0.2, -0.15) is 0 Å². The fourth-order valence-electron chi connectivity index (χ4n) is 2.79. The second-order valence-corrected chi connectivity index (χ2v) is 6.18. The number of aromatic hydroxyl groups is 1. The molecule has 0 aliphatic carbocycles. The third-order valence-electron chi connectivity index (χ3n) is 4.13. The van der Waals surface area contributed by atoms with Gasteiger partial charge in [0.05, 0.1) is 6.54 Å². The van der Waals surface area contributed by atoms with Crippen molar-refractivity contribution in [1.82, 2.24) is 4.90 Å². The molecule has 2 aromatic rings. The van der Waals surface area contributed by atoms with Crippen LogP contribution in [0.1, 0.15) is 11.5 Å². The highest BCUT2D eigenvalue weighted by Crippen LogP contribution is 2.21. The zero-order valence-corrected chi connectivity index (χ0v) is 13.9. The van der Waals surface area contributed by atoms with Crippen LogP contribution in [0.25, 0.3) is 0 Å². The van der Waals surface area contributed by atoms with Gasteiger partial charge < -0.3 is 19.5 Å². The molecule has 2 N–H and O–H groups in total. The minimum atomic E-state index is -0.528. The van der Waals surface area contributed by atoms with Gasteiger partial charge in [0.2, 0.25) is 11.2 Å². The van der Waals surface area contributed by atoms with E-state index in [4.69, 9.17) is 21.1 Å². The summed E-state index contributed by atoms with van der Waals surface area (Å²) in [6.45, 7) is 3.17. The molecule has 1 aromatic heterocycles. The molecule has 1 aromatic carbocycles. The fraction of sp³-hybridized carbons (Fsp3) is 0.353. The average molecular weight is 351 g/mol. The molecule has 24 heavy (non-hydrogen) atoms. The molecule has 0 bridgehead atoms. The van der Waals surface area contributed by atoms with E-state index in [9.17, 15) is 9.90 Å². The highest BCUT2D eigenvalue weighted by molar-refractivity contribution is 6.30. The van der Waals surface area contributed by atoms with E-state index in [1.807, 2.05) is 24.3 Å². The normalized spacial score (nSPS) is 15.7. The van der Waals surface area contributed by atoms with E-state index in [0.29, 0.717) is 11.6 Å². The Kier molecular flexibility index (Phi) is 5.08. The van der Waals surface area contributed by atoms with Crippen LogP contribution in [0.4, 0.5) is 5.69 Å². The van der Waals surface area contributed by atoms with Gasteiger partial charge in [0.25, 0.3) is 0 Å². The van der Waals surface area contributed by atoms with E-state index < -0.39 is 5.43 Å². The van der Waals surface area contributed by atoms with Crippen LogP contribution in [-0.2, 0) is 13.2 Å². The van der Waals surface area contributed by atoms with Crippen LogP contribution in [-0.4, -0.2) is 41.3 Å². The lowest BCUT2D eigenvalue weighted by molar-refractivity contribution is 0.200. The molecular weight excluding hydrogens is 332 g/mol. The molecule has 0 amide bonds. The van der Waals surface area contributed by atoms with E-state index in [1.54, 1.807) is 0 Å². The van der Waals surface area contributed by atoms with Crippen molar-refractivity contribution >= 4 is 17.3 Å². The predicted molar refractivity (Wildman–Crippen MR) is 91.5 cm³/mol. The summed E-state index contributed by atoms with van der Waals surface area (Å²) in [4.78, 5) is 16.0. The summed E-state index contributed by atoms with van der Waals surface area (Å²) < 4.78 is 5.40. The summed E-state index contributed by atoms with van der Waals surface area (Å²) in [6.07, 6.45) is 0. The van der Waals surface area contributed by atoms with E-state index in [1.165, 1.54) is 0 Å². The Labute approximate surface area is 144 Å². The molecular formula is C17H19ClN2O4. The van der Waals surface area contributed by atoms with Crippen LogP contribution in [0.5, 0.6) is 5.75 Å². The molecule has 0 unspecified atom stereocenters. The summed E-state index contributed by atoms with van der Waals surface area (Å²) in [5.74, 6) is -0.0218. The van der Waals surface area contributed by atoms with Crippen LogP contribution in [0, 0.1) is 0 Å². The van der Waals surface area contributed by atoms with Crippen LogP contribution in [0.2, 0.25) is 5.02 Å². The van der Waals surface area contributed by atoms with Crippen LogP contribution < -0.4 is 10.3 Å². The molecule has 1 fully saturated rings. The SMILES string of the molecule is O=c1cc(CO)oc(CN2CCN(c3ccc(Cl)cc3)CC2)c1O. The molecule has 2 heterocycles. The van der Waals surface area contributed by atoms with Gasteiger partial charge in [0.1, 0.15) is 12.4 Å². The molecule has 1 aliphatic rings.